The molecule has 3 N–H and O–H groups in total. The van der Waals surface area contributed by atoms with Crippen LogP contribution in [0.15, 0.2) is 30.3 Å². The second kappa shape index (κ2) is 5.04. The Hall–Kier alpha value is -2.41. The van der Waals surface area contributed by atoms with E-state index >= 15 is 0 Å². The number of hydrogen-bond acceptors (Lipinski definition) is 5. The van der Waals surface area contributed by atoms with Gasteiger partial charge in [0.2, 0.25) is 0 Å². The fraction of sp³-hybridized carbons (Fsp3) is 0.500. The minimum Gasteiger partial charge on any atom is -0.314 e. The molecule has 1 aromatic carbocycles. The van der Waals surface area contributed by atoms with E-state index in [0.29, 0.717) is 13.2 Å². The van der Waals surface area contributed by atoms with E-state index in [-0.39, 0.29) is 5.84 Å². The van der Waals surface area contributed by atoms with Gasteiger partial charge >= 0.3 is 5.91 Å². The molecule has 1 aliphatic carbocycles. The first-order chi connectivity index (χ1) is 11.5. The van der Waals surface area contributed by atoms with Gasteiger partial charge in [-0.25, -0.2) is 4.99 Å². The van der Waals surface area contributed by atoms with Crippen LogP contribution in [0.4, 0.5) is 0 Å². The van der Waals surface area contributed by atoms with Crippen molar-refractivity contribution in [2.75, 3.05) is 13.2 Å². The molecule has 2 aliphatic rings. The Balaban J connectivity index is 2.31. The molecule has 1 saturated carbocycles. The molecule has 1 aliphatic heterocycles. The Morgan fingerprint density at radius 3 is 2.12 bits per heavy atom. The summed E-state index contributed by atoms with van der Waals surface area (Å²) < 4.78 is 11.8. The molecule has 3 atom stereocenters. The van der Waals surface area contributed by atoms with E-state index in [1.54, 1.807) is 0 Å². The highest BCUT2D eigenvalue weighted by atomic mass is 16.7. The van der Waals surface area contributed by atoms with E-state index in [1.807, 2.05) is 51.1 Å². The second-order valence-corrected chi connectivity index (χ2v) is 6.24. The molecule has 1 aromatic rings. The van der Waals surface area contributed by atoms with E-state index in [9.17, 15) is 10.5 Å². The second-order valence-electron chi connectivity index (χ2n) is 6.24. The molecular weight excluding hydrogens is 304 g/mol. The lowest BCUT2D eigenvalue weighted by atomic mass is 9.84. The first-order valence-electron chi connectivity index (χ1n) is 8.05. The predicted octanol–water partition coefficient (Wildman–Crippen LogP) is 0.156. The molecule has 0 amide bonds. The van der Waals surface area contributed by atoms with Crippen molar-refractivity contribution in [1.29, 1.82) is 10.5 Å². The van der Waals surface area contributed by atoms with Crippen molar-refractivity contribution in [2.24, 2.45) is 16.6 Å². The molecule has 0 bridgehead atoms. The van der Waals surface area contributed by atoms with E-state index in [4.69, 9.17) is 15.2 Å². The third-order valence-electron chi connectivity index (χ3n) is 5.58. The standard InChI is InChI=1S/C18H20N4O2/c1-4-23-18(24-5-2)17(12-20)15(3,13-9-7-6-8-10-13)16(17,11-19)14(21)22-18/h6-10H,4-5H2,1-3H3,(H2,21,22)/p+1/t15-,16+,17-/m1/s1. The number of ether oxygens (including phenoxy) is 2. The summed E-state index contributed by atoms with van der Waals surface area (Å²) in [6, 6.07) is 14.1. The molecular formula is C18H21N4O2+. The zero-order valence-corrected chi connectivity index (χ0v) is 14.1. The average molecular weight is 325 g/mol. The Labute approximate surface area is 141 Å². The van der Waals surface area contributed by atoms with Crippen molar-refractivity contribution in [2.45, 2.75) is 32.1 Å². The van der Waals surface area contributed by atoms with Crippen molar-refractivity contribution in [3.63, 3.8) is 0 Å². The highest BCUT2D eigenvalue weighted by Gasteiger charge is 3.03. The highest BCUT2D eigenvalue weighted by molar-refractivity contribution is 5.97. The van der Waals surface area contributed by atoms with Gasteiger partial charge in [0.25, 0.3) is 5.84 Å². The third-order valence-corrected chi connectivity index (χ3v) is 5.58. The number of hydrogen-bond donors (Lipinski definition) is 2. The smallest absolute Gasteiger partial charge is 0.314 e. The first kappa shape index (κ1) is 16.4. The van der Waals surface area contributed by atoms with Crippen LogP contribution in [0.3, 0.4) is 0 Å². The van der Waals surface area contributed by atoms with Gasteiger partial charge < -0.3 is 9.47 Å². The van der Waals surface area contributed by atoms with Crippen LogP contribution < -0.4 is 10.7 Å². The maximum Gasteiger partial charge on any atom is 0.343 e. The molecule has 24 heavy (non-hydrogen) atoms. The van der Waals surface area contributed by atoms with Gasteiger partial charge in [-0.2, -0.15) is 10.5 Å². The van der Waals surface area contributed by atoms with Crippen LogP contribution in [0.2, 0.25) is 0 Å². The lowest BCUT2D eigenvalue weighted by Crippen LogP contribution is -2.91. The summed E-state index contributed by atoms with van der Waals surface area (Å²) in [5, 5.41) is 20.2. The normalized spacial score (nSPS) is 35.5. The molecule has 6 heteroatoms. The Bertz CT molecular complexity index is 772. The maximum atomic E-state index is 10.2. The summed E-state index contributed by atoms with van der Waals surface area (Å²) in [6.07, 6.45) is 0. The quantitative estimate of drug-likeness (QED) is 0.750. The molecule has 0 radical (unpaired) electrons. The fourth-order valence-corrected chi connectivity index (χ4v) is 4.60. The number of nitrogens with one attached hydrogen (secondary N) is 1. The zero-order valence-electron chi connectivity index (χ0n) is 14.1. The Morgan fingerprint density at radius 1 is 1.08 bits per heavy atom. The van der Waals surface area contributed by atoms with E-state index in [0.717, 1.165) is 5.56 Å². The van der Waals surface area contributed by atoms with Crippen LogP contribution in [0, 0.1) is 33.5 Å². The lowest BCUT2D eigenvalue weighted by molar-refractivity contribution is -0.694. The molecule has 0 unspecified atom stereocenters. The minimum atomic E-state index is -1.45. The largest absolute Gasteiger partial charge is 0.343 e. The molecule has 0 spiro atoms. The van der Waals surface area contributed by atoms with Crippen LogP contribution in [0.1, 0.15) is 26.3 Å². The third kappa shape index (κ3) is 1.36. The van der Waals surface area contributed by atoms with Gasteiger partial charge in [-0.1, -0.05) is 37.3 Å². The summed E-state index contributed by atoms with van der Waals surface area (Å²) in [6.45, 7) is 6.15. The lowest BCUT2D eigenvalue weighted by Gasteiger charge is -2.32. The summed E-state index contributed by atoms with van der Waals surface area (Å²) in [7, 11) is 0. The van der Waals surface area contributed by atoms with Crippen molar-refractivity contribution < 1.29 is 14.5 Å². The molecule has 124 valence electrons. The van der Waals surface area contributed by atoms with Gasteiger partial charge in [-0.15, -0.1) is 0 Å². The van der Waals surface area contributed by atoms with Gasteiger partial charge in [0.05, 0.1) is 30.8 Å². The van der Waals surface area contributed by atoms with E-state index < -0.39 is 22.2 Å². The number of nitrogens with two attached hydrogens (primary N) is 1. The highest BCUT2D eigenvalue weighted by Crippen LogP contribution is 2.82. The van der Waals surface area contributed by atoms with Gasteiger partial charge in [0.15, 0.2) is 10.8 Å². The number of fused-ring (bicyclic) bond motifs is 1. The number of benzene rings is 1. The van der Waals surface area contributed by atoms with Crippen molar-refractivity contribution in [3.8, 4) is 12.1 Å². The summed E-state index contributed by atoms with van der Waals surface area (Å²) in [5.74, 6) is -1.23. The van der Waals surface area contributed by atoms with E-state index in [2.05, 4.69) is 17.1 Å². The van der Waals surface area contributed by atoms with Crippen LogP contribution >= 0.6 is 0 Å². The monoisotopic (exact) mass is 325 g/mol. The SMILES string of the molecule is CCOC1(OCC)[NH+]=C(N)[C@@]2(C#N)[C@@](C)(c3ccccc3)[C@@]12C#N. The molecule has 6 nitrogen and oxygen atoms in total. The van der Waals surface area contributed by atoms with Crippen molar-refractivity contribution in [1.82, 2.24) is 0 Å². The summed E-state index contributed by atoms with van der Waals surface area (Å²) in [4.78, 5) is 2.98. The topological polar surface area (TPSA) is 106 Å². The first-order valence-corrected chi connectivity index (χ1v) is 8.05. The molecule has 0 saturated heterocycles. The van der Waals surface area contributed by atoms with Crippen LogP contribution in [-0.2, 0) is 14.9 Å². The molecule has 0 aromatic heterocycles. The van der Waals surface area contributed by atoms with Crippen LogP contribution in [0.5, 0.6) is 0 Å². The number of rotatable bonds is 5. The van der Waals surface area contributed by atoms with Crippen LogP contribution in [0.25, 0.3) is 0 Å². The number of nitriles is 2. The fourth-order valence-electron chi connectivity index (χ4n) is 4.60. The Morgan fingerprint density at radius 2 is 1.67 bits per heavy atom. The number of nitrogens with zero attached hydrogens (tertiary/aromatic N) is 2. The van der Waals surface area contributed by atoms with Gasteiger partial charge in [0, 0.05) is 0 Å². The molecule has 3 rings (SSSR count). The van der Waals surface area contributed by atoms with Crippen molar-refractivity contribution >= 4 is 5.84 Å². The average Bonchev–Trinajstić information content (AvgIpc) is 3.02. The van der Waals surface area contributed by atoms with Gasteiger partial charge in [0.1, 0.15) is 0 Å². The summed E-state index contributed by atoms with van der Waals surface area (Å²) >= 11 is 0. The van der Waals surface area contributed by atoms with E-state index in [1.165, 1.54) is 0 Å². The van der Waals surface area contributed by atoms with Gasteiger partial charge in [-0.3, -0.25) is 5.73 Å². The van der Waals surface area contributed by atoms with Gasteiger partial charge in [-0.05, 0) is 19.4 Å². The maximum absolute atomic E-state index is 10.2. The molecule has 1 fully saturated rings. The summed E-state index contributed by atoms with van der Waals surface area (Å²) in [5.41, 5.74) is 3.77. The molecule has 1 heterocycles. The van der Waals surface area contributed by atoms with Crippen LogP contribution in [-0.4, -0.2) is 25.0 Å². The zero-order chi connectivity index (χ0) is 17.6. The number of amidine groups is 1. The van der Waals surface area contributed by atoms with Crippen molar-refractivity contribution in [3.05, 3.63) is 35.9 Å². The predicted molar refractivity (Wildman–Crippen MR) is 86.0 cm³/mol. The minimum absolute atomic E-state index is 0.222. The Kier molecular flexibility index (Phi) is 3.46.